The molecule has 1 aromatic heterocycles. The van der Waals surface area contributed by atoms with Gasteiger partial charge in [-0.25, -0.2) is 13.2 Å². The lowest BCUT2D eigenvalue weighted by Crippen LogP contribution is -2.34. The summed E-state index contributed by atoms with van der Waals surface area (Å²) in [5, 5.41) is 4.28. The number of ether oxygens (including phenoxy) is 1. The summed E-state index contributed by atoms with van der Waals surface area (Å²) >= 11 is 0. The van der Waals surface area contributed by atoms with E-state index < -0.39 is 11.6 Å². The Morgan fingerprint density at radius 3 is 2.88 bits per heavy atom. The molecule has 0 spiro atoms. The summed E-state index contributed by atoms with van der Waals surface area (Å²) in [5.41, 5.74) is 1.63. The first-order valence-electron chi connectivity index (χ1n) is 10.7. The minimum Gasteiger partial charge on any atom is -0.497 e. The van der Waals surface area contributed by atoms with Crippen LogP contribution in [0.15, 0.2) is 48.7 Å². The van der Waals surface area contributed by atoms with E-state index in [1.807, 2.05) is 24.3 Å². The largest absolute Gasteiger partial charge is 0.497 e. The third kappa shape index (κ3) is 5.29. The van der Waals surface area contributed by atoms with Gasteiger partial charge in [0.1, 0.15) is 23.2 Å². The van der Waals surface area contributed by atoms with Crippen molar-refractivity contribution in [3.63, 3.8) is 0 Å². The van der Waals surface area contributed by atoms with Crippen molar-refractivity contribution in [1.82, 2.24) is 15.2 Å². The number of nitrogens with one attached hydrogen (secondary N) is 1. The predicted octanol–water partition coefficient (Wildman–Crippen LogP) is 4.58. The molecule has 1 aliphatic rings. The monoisotopic (exact) mass is 441 g/mol. The number of benzene rings is 2. The molecule has 1 fully saturated rings. The van der Waals surface area contributed by atoms with E-state index in [0.717, 1.165) is 42.5 Å². The lowest BCUT2D eigenvalue weighted by atomic mass is 10.0. The van der Waals surface area contributed by atoms with Gasteiger partial charge in [-0.1, -0.05) is 12.2 Å². The Balaban J connectivity index is 1.29. The average molecular weight is 441 g/mol. The standard InChI is InChI=1S/C25H26F3N3O/c1-32-20-5-7-25-22(14-20)21(24(28)15-30-25)8-10-29-19-9-12-31(16-19)11-2-3-17-13-18(26)4-6-23(17)27/h2-7,13-15,19,29H,8-12,16H2,1H3. The van der Waals surface area contributed by atoms with Crippen molar-refractivity contribution in [3.05, 3.63) is 77.2 Å². The summed E-state index contributed by atoms with van der Waals surface area (Å²) < 4.78 is 46.7. The fraction of sp³-hybridized carbons (Fsp3) is 0.320. The van der Waals surface area contributed by atoms with E-state index in [2.05, 4.69) is 15.2 Å². The minimum absolute atomic E-state index is 0.252. The molecule has 3 aromatic rings. The lowest BCUT2D eigenvalue weighted by Gasteiger charge is -2.15. The Labute approximate surface area is 185 Å². The first-order chi connectivity index (χ1) is 15.5. The molecule has 4 nitrogen and oxygen atoms in total. The molecular weight excluding hydrogens is 415 g/mol. The molecule has 1 atom stereocenters. The zero-order valence-corrected chi connectivity index (χ0v) is 18.0. The molecule has 168 valence electrons. The van der Waals surface area contributed by atoms with E-state index in [1.165, 1.54) is 12.3 Å². The molecule has 0 amide bonds. The fourth-order valence-electron chi connectivity index (χ4n) is 4.12. The van der Waals surface area contributed by atoms with Crippen molar-refractivity contribution in [2.75, 3.05) is 33.3 Å². The maximum atomic E-state index is 14.5. The summed E-state index contributed by atoms with van der Waals surface area (Å²) in [5.74, 6) is -0.516. The third-order valence-corrected chi connectivity index (χ3v) is 5.83. The highest BCUT2D eigenvalue weighted by molar-refractivity contribution is 5.83. The van der Waals surface area contributed by atoms with Gasteiger partial charge in [-0.15, -0.1) is 0 Å². The third-order valence-electron chi connectivity index (χ3n) is 5.83. The van der Waals surface area contributed by atoms with Gasteiger partial charge in [0.25, 0.3) is 0 Å². The van der Waals surface area contributed by atoms with Crippen LogP contribution in [0.1, 0.15) is 17.5 Å². The van der Waals surface area contributed by atoms with Gasteiger partial charge in [0, 0.05) is 42.2 Å². The van der Waals surface area contributed by atoms with E-state index in [0.29, 0.717) is 36.9 Å². The number of methoxy groups -OCH3 is 1. The van der Waals surface area contributed by atoms with Crippen LogP contribution in [0.25, 0.3) is 17.0 Å². The van der Waals surface area contributed by atoms with Crippen LogP contribution in [0.2, 0.25) is 0 Å². The molecule has 0 bridgehead atoms. The summed E-state index contributed by atoms with van der Waals surface area (Å²) in [6.07, 6.45) is 6.27. The van der Waals surface area contributed by atoms with Crippen molar-refractivity contribution in [2.45, 2.75) is 18.9 Å². The zero-order chi connectivity index (χ0) is 22.5. The van der Waals surface area contributed by atoms with Gasteiger partial charge in [-0.05, 0) is 55.8 Å². The summed E-state index contributed by atoms with van der Waals surface area (Å²) in [7, 11) is 1.59. The smallest absolute Gasteiger partial charge is 0.145 e. The van der Waals surface area contributed by atoms with E-state index in [4.69, 9.17) is 4.74 Å². The number of nitrogens with zero attached hydrogens (tertiary/aromatic N) is 2. The summed E-state index contributed by atoms with van der Waals surface area (Å²) in [4.78, 5) is 6.41. The Kier molecular flexibility index (Phi) is 7.07. The molecule has 0 radical (unpaired) electrons. The first-order valence-corrected chi connectivity index (χ1v) is 10.7. The van der Waals surface area contributed by atoms with E-state index in [9.17, 15) is 13.2 Å². The van der Waals surface area contributed by atoms with Crippen LogP contribution in [0.5, 0.6) is 5.75 Å². The van der Waals surface area contributed by atoms with E-state index >= 15 is 0 Å². The molecule has 0 saturated carbocycles. The molecule has 7 heteroatoms. The SMILES string of the molecule is COc1ccc2ncc(F)c(CCNC3CCN(CC=Cc4cc(F)ccc4F)C3)c2c1. The number of hydrogen-bond acceptors (Lipinski definition) is 4. The molecule has 2 aromatic carbocycles. The normalized spacial score (nSPS) is 16.9. The number of likely N-dealkylation sites (tertiary alicyclic amines) is 1. The quantitative estimate of drug-likeness (QED) is 0.555. The Hall–Kier alpha value is -2.90. The molecule has 4 rings (SSSR count). The number of pyridine rings is 1. The molecule has 0 aliphatic carbocycles. The highest BCUT2D eigenvalue weighted by atomic mass is 19.1. The lowest BCUT2D eigenvalue weighted by molar-refractivity contribution is 0.363. The van der Waals surface area contributed by atoms with Gasteiger partial charge < -0.3 is 10.1 Å². The van der Waals surface area contributed by atoms with Crippen LogP contribution < -0.4 is 10.1 Å². The maximum absolute atomic E-state index is 14.5. The zero-order valence-electron chi connectivity index (χ0n) is 18.0. The Morgan fingerprint density at radius 1 is 1.16 bits per heavy atom. The first kappa shape index (κ1) is 22.3. The number of rotatable bonds is 8. The highest BCUT2D eigenvalue weighted by Gasteiger charge is 2.21. The molecule has 1 aliphatic heterocycles. The van der Waals surface area contributed by atoms with Crippen molar-refractivity contribution in [1.29, 1.82) is 0 Å². The van der Waals surface area contributed by atoms with E-state index in [-0.39, 0.29) is 11.4 Å². The van der Waals surface area contributed by atoms with Gasteiger partial charge in [-0.3, -0.25) is 9.88 Å². The van der Waals surface area contributed by atoms with Crippen molar-refractivity contribution in [3.8, 4) is 5.75 Å². The van der Waals surface area contributed by atoms with Gasteiger partial charge in [0.2, 0.25) is 0 Å². The van der Waals surface area contributed by atoms with Gasteiger partial charge in [0.15, 0.2) is 0 Å². The molecule has 1 unspecified atom stereocenters. The number of halogens is 3. The second-order valence-electron chi connectivity index (χ2n) is 7.99. The van der Waals surface area contributed by atoms with Crippen LogP contribution in [0.3, 0.4) is 0 Å². The van der Waals surface area contributed by atoms with Crippen LogP contribution in [0.4, 0.5) is 13.2 Å². The average Bonchev–Trinajstić information content (AvgIpc) is 3.25. The van der Waals surface area contributed by atoms with Crippen LogP contribution >= 0.6 is 0 Å². The molecular formula is C25H26F3N3O. The highest BCUT2D eigenvalue weighted by Crippen LogP contribution is 2.25. The van der Waals surface area contributed by atoms with E-state index in [1.54, 1.807) is 13.2 Å². The Morgan fingerprint density at radius 2 is 2.03 bits per heavy atom. The van der Waals surface area contributed by atoms with Crippen LogP contribution in [0, 0.1) is 17.5 Å². The van der Waals surface area contributed by atoms with Crippen molar-refractivity contribution >= 4 is 17.0 Å². The molecule has 32 heavy (non-hydrogen) atoms. The van der Waals surface area contributed by atoms with Gasteiger partial charge >= 0.3 is 0 Å². The number of aromatic nitrogens is 1. The Bertz CT molecular complexity index is 1120. The van der Waals surface area contributed by atoms with Gasteiger partial charge in [-0.2, -0.15) is 0 Å². The topological polar surface area (TPSA) is 37.4 Å². The molecule has 2 heterocycles. The molecule has 1 N–H and O–H groups in total. The van der Waals surface area contributed by atoms with Crippen molar-refractivity contribution < 1.29 is 17.9 Å². The summed E-state index contributed by atoms with van der Waals surface area (Å²) in [6.45, 7) is 3.08. The minimum atomic E-state index is -0.451. The summed E-state index contributed by atoms with van der Waals surface area (Å²) in [6, 6.07) is 9.22. The fourth-order valence-corrected chi connectivity index (χ4v) is 4.12. The van der Waals surface area contributed by atoms with Crippen LogP contribution in [-0.2, 0) is 6.42 Å². The van der Waals surface area contributed by atoms with Gasteiger partial charge in [0.05, 0.1) is 18.8 Å². The second kappa shape index (κ2) is 10.1. The van der Waals surface area contributed by atoms with Crippen LogP contribution in [-0.4, -0.2) is 49.2 Å². The number of fused-ring (bicyclic) bond motifs is 1. The maximum Gasteiger partial charge on any atom is 0.145 e. The molecule has 1 saturated heterocycles. The predicted molar refractivity (Wildman–Crippen MR) is 120 cm³/mol. The second-order valence-corrected chi connectivity index (χ2v) is 7.99. The van der Waals surface area contributed by atoms with Crippen molar-refractivity contribution in [2.24, 2.45) is 0 Å². The number of hydrogen-bond donors (Lipinski definition) is 1.